The fourth-order valence-electron chi connectivity index (χ4n) is 2.72. The number of nitro groups is 1. The molecule has 0 amide bonds. The first-order chi connectivity index (χ1) is 13.5. The van der Waals surface area contributed by atoms with Crippen LogP contribution in [0, 0.1) is 21.7 Å². The topological polar surface area (TPSA) is 107 Å². The lowest BCUT2D eigenvalue weighted by atomic mass is 10.2. The molecular weight excluding hydrogens is 378 g/mol. The number of aromatic nitrogens is 6. The highest BCUT2D eigenvalue weighted by Gasteiger charge is 2.13. The van der Waals surface area contributed by atoms with Gasteiger partial charge in [-0.15, -0.1) is 10.2 Å². The summed E-state index contributed by atoms with van der Waals surface area (Å²) in [6.07, 6.45) is 1.75. The molecule has 0 unspecified atom stereocenters. The first kappa shape index (κ1) is 17.7. The number of nitrogens with one attached hydrogen (secondary N) is 1. The Balaban J connectivity index is 1.57. The molecular formula is C18H15N7O2S. The van der Waals surface area contributed by atoms with E-state index in [1.807, 2.05) is 31.2 Å². The minimum atomic E-state index is -0.435. The molecule has 0 saturated carbocycles. The maximum absolute atomic E-state index is 10.7. The lowest BCUT2D eigenvalue weighted by Gasteiger charge is -2.02. The molecule has 4 aromatic rings. The van der Waals surface area contributed by atoms with Crippen LogP contribution in [0.5, 0.6) is 0 Å². The van der Waals surface area contributed by atoms with E-state index in [9.17, 15) is 10.1 Å². The highest BCUT2D eigenvalue weighted by atomic mass is 32.1. The SMILES string of the molecule is Cc1ccc(-n2[nH]cc(-c3nnn(Cc4ccc([N+](=O)[O-])cc4)n3)c2=S)cc1. The number of nitrogens with zero attached hydrogens (tertiary/aromatic N) is 6. The molecule has 140 valence electrons. The second-order valence-corrected chi connectivity index (χ2v) is 6.62. The zero-order chi connectivity index (χ0) is 19.7. The molecule has 2 heterocycles. The second-order valence-electron chi connectivity index (χ2n) is 6.23. The van der Waals surface area contributed by atoms with Gasteiger partial charge in [0.2, 0.25) is 5.82 Å². The van der Waals surface area contributed by atoms with E-state index in [4.69, 9.17) is 12.2 Å². The van der Waals surface area contributed by atoms with Crippen LogP contribution in [0.15, 0.2) is 54.7 Å². The minimum Gasteiger partial charge on any atom is -0.299 e. The molecule has 10 heteroatoms. The third kappa shape index (κ3) is 3.45. The Morgan fingerprint density at radius 2 is 1.86 bits per heavy atom. The number of hydrogen-bond acceptors (Lipinski definition) is 6. The maximum Gasteiger partial charge on any atom is 0.269 e. The first-order valence-electron chi connectivity index (χ1n) is 8.40. The molecule has 28 heavy (non-hydrogen) atoms. The third-order valence-electron chi connectivity index (χ3n) is 4.23. The molecule has 0 bridgehead atoms. The van der Waals surface area contributed by atoms with Crippen LogP contribution in [-0.2, 0) is 6.54 Å². The number of H-pyrrole nitrogens is 1. The van der Waals surface area contributed by atoms with Crippen LogP contribution in [0.3, 0.4) is 0 Å². The lowest BCUT2D eigenvalue weighted by molar-refractivity contribution is -0.384. The quantitative estimate of drug-likeness (QED) is 0.316. The Morgan fingerprint density at radius 3 is 2.54 bits per heavy atom. The van der Waals surface area contributed by atoms with Crippen molar-refractivity contribution in [2.45, 2.75) is 13.5 Å². The summed E-state index contributed by atoms with van der Waals surface area (Å²) in [7, 11) is 0. The van der Waals surface area contributed by atoms with E-state index in [1.165, 1.54) is 16.9 Å². The number of tetrazole rings is 1. The van der Waals surface area contributed by atoms with Crippen molar-refractivity contribution in [3.63, 3.8) is 0 Å². The molecule has 9 nitrogen and oxygen atoms in total. The van der Waals surface area contributed by atoms with Gasteiger partial charge in [-0.3, -0.25) is 15.2 Å². The third-order valence-corrected chi connectivity index (χ3v) is 4.63. The van der Waals surface area contributed by atoms with E-state index < -0.39 is 4.92 Å². The van der Waals surface area contributed by atoms with Crippen molar-refractivity contribution in [3.8, 4) is 17.1 Å². The summed E-state index contributed by atoms with van der Waals surface area (Å²) in [4.78, 5) is 11.7. The smallest absolute Gasteiger partial charge is 0.269 e. The molecule has 0 atom stereocenters. The fourth-order valence-corrected chi connectivity index (χ4v) is 3.03. The molecule has 0 aliphatic rings. The van der Waals surface area contributed by atoms with Crippen molar-refractivity contribution in [3.05, 3.63) is 80.6 Å². The predicted molar refractivity (Wildman–Crippen MR) is 105 cm³/mol. The molecule has 2 aromatic carbocycles. The number of nitro benzene ring substituents is 1. The van der Waals surface area contributed by atoms with Crippen LogP contribution in [0.1, 0.15) is 11.1 Å². The van der Waals surface area contributed by atoms with E-state index in [-0.39, 0.29) is 5.69 Å². The van der Waals surface area contributed by atoms with Crippen molar-refractivity contribution in [2.75, 3.05) is 0 Å². The zero-order valence-electron chi connectivity index (χ0n) is 14.8. The summed E-state index contributed by atoms with van der Waals surface area (Å²) >= 11 is 5.55. The van der Waals surface area contributed by atoms with Gasteiger partial charge >= 0.3 is 0 Å². The van der Waals surface area contributed by atoms with Crippen LogP contribution in [0.25, 0.3) is 17.1 Å². The van der Waals surface area contributed by atoms with Crippen LogP contribution >= 0.6 is 12.2 Å². The van der Waals surface area contributed by atoms with E-state index in [1.54, 1.807) is 23.0 Å². The molecule has 0 spiro atoms. The number of hydrogen-bond donors (Lipinski definition) is 1. The van der Waals surface area contributed by atoms with Gasteiger partial charge in [-0.05, 0) is 29.8 Å². The summed E-state index contributed by atoms with van der Waals surface area (Å²) in [6.45, 7) is 2.37. The number of benzene rings is 2. The van der Waals surface area contributed by atoms with Gasteiger partial charge in [0, 0.05) is 18.3 Å². The number of rotatable bonds is 5. The molecule has 0 aliphatic carbocycles. The molecule has 0 fully saturated rings. The number of non-ortho nitro benzene ring substituents is 1. The van der Waals surface area contributed by atoms with Gasteiger partial charge < -0.3 is 0 Å². The summed E-state index contributed by atoms with van der Waals surface area (Å²) in [5.74, 6) is 0.411. The Bertz CT molecular complexity index is 1190. The van der Waals surface area contributed by atoms with Gasteiger partial charge in [0.25, 0.3) is 5.69 Å². The van der Waals surface area contributed by atoms with Crippen molar-refractivity contribution in [1.82, 2.24) is 30.0 Å². The van der Waals surface area contributed by atoms with E-state index in [2.05, 4.69) is 20.5 Å². The molecule has 0 aliphatic heterocycles. The standard InChI is InChI=1S/C18H15N7O2S/c1-12-2-6-14(7-3-12)24-18(28)16(10-19-24)17-20-22-23(21-17)11-13-4-8-15(9-5-13)25(26)27/h2-10,19H,11H2,1H3. The highest BCUT2D eigenvalue weighted by Crippen LogP contribution is 2.19. The average Bonchev–Trinajstić information content (AvgIpc) is 3.29. The van der Waals surface area contributed by atoms with Crippen molar-refractivity contribution >= 4 is 17.9 Å². The Hall–Kier alpha value is -3.66. The van der Waals surface area contributed by atoms with Gasteiger partial charge in [0.05, 0.1) is 22.7 Å². The summed E-state index contributed by atoms with van der Waals surface area (Å²) in [6, 6.07) is 14.2. The number of aryl methyl sites for hydroxylation is 1. The minimum absolute atomic E-state index is 0.0414. The summed E-state index contributed by atoms with van der Waals surface area (Å²) in [5, 5.41) is 26.4. The monoisotopic (exact) mass is 393 g/mol. The van der Waals surface area contributed by atoms with Gasteiger partial charge in [-0.25, -0.2) is 4.68 Å². The van der Waals surface area contributed by atoms with Crippen molar-refractivity contribution < 1.29 is 4.92 Å². The summed E-state index contributed by atoms with van der Waals surface area (Å²) < 4.78 is 2.33. The second kappa shape index (κ2) is 7.16. The predicted octanol–water partition coefficient (Wildman–Crippen LogP) is 3.45. The Labute approximate surface area is 164 Å². The molecule has 0 radical (unpaired) electrons. The largest absolute Gasteiger partial charge is 0.299 e. The van der Waals surface area contributed by atoms with Gasteiger partial charge in [-0.2, -0.15) is 4.80 Å². The highest BCUT2D eigenvalue weighted by molar-refractivity contribution is 7.71. The van der Waals surface area contributed by atoms with E-state index in [0.29, 0.717) is 22.6 Å². The van der Waals surface area contributed by atoms with Crippen LogP contribution in [0.2, 0.25) is 0 Å². The normalized spacial score (nSPS) is 10.9. The Morgan fingerprint density at radius 1 is 1.14 bits per heavy atom. The van der Waals surface area contributed by atoms with Gasteiger partial charge in [0.1, 0.15) is 4.64 Å². The van der Waals surface area contributed by atoms with Crippen LogP contribution in [0.4, 0.5) is 5.69 Å². The molecule has 2 aromatic heterocycles. The maximum atomic E-state index is 10.7. The van der Waals surface area contributed by atoms with Crippen molar-refractivity contribution in [2.24, 2.45) is 0 Å². The first-order valence-corrected chi connectivity index (χ1v) is 8.81. The van der Waals surface area contributed by atoms with Crippen molar-refractivity contribution in [1.29, 1.82) is 0 Å². The van der Waals surface area contributed by atoms with Crippen LogP contribution in [-0.4, -0.2) is 34.9 Å². The Kier molecular flexibility index (Phi) is 4.53. The van der Waals surface area contributed by atoms with E-state index in [0.717, 1.165) is 16.8 Å². The number of aromatic amines is 1. The van der Waals surface area contributed by atoms with Gasteiger partial charge in [0.15, 0.2) is 0 Å². The van der Waals surface area contributed by atoms with E-state index >= 15 is 0 Å². The summed E-state index contributed by atoms with van der Waals surface area (Å²) in [5.41, 5.74) is 3.63. The average molecular weight is 393 g/mol. The lowest BCUT2D eigenvalue weighted by Crippen LogP contribution is -2.04. The fraction of sp³-hybridized carbons (Fsp3) is 0.111. The zero-order valence-corrected chi connectivity index (χ0v) is 15.6. The molecule has 0 saturated heterocycles. The molecule has 1 N–H and O–H groups in total. The van der Waals surface area contributed by atoms with Crippen LogP contribution < -0.4 is 0 Å². The van der Waals surface area contributed by atoms with Gasteiger partial charge in [-0.1, -0.05) is 42.0 Å². The molecule has 4 rings (SSSR count).